The molecule has 0 aliphatic carbocycles. The molecule has 2 aromatic carbocycles. The Morgan fingerprint density at radius 1 is 1.08 bits per heavy atom. The van der Waals surface area contributed by atoms with Crippen molar-refractivity contribution in [3.63, 3.8) is 0 Å². The second kappa shape index (κ2) is 14.4. The predicted octanol–water partition coefficient (Wildman–Crippen LogP) is 6.52. The summed E-state index contributed by atoms with van der Waals surface area (Å²) in [6, 6.07) is 11.1. The Bertz CT molecular complexity index is 1080. The molecule has 0 aliphatic heterocycles. The van der Waals surface area contributed by atoms with Crippen LogP contribution in [0.1, 0.15) is 63.3 Å². The van der Waals surface area contributed by atoms with Crippen molar-refractivity contribution in [1.82, 2.24) is 10.2 Å². The fourth-order valence-electron chi connectivity index (χ4n) is 3.95. The Labute approximate surface area is 236 Å². The fraction of sp³-hybridized carbons (Fsp3) is 0.483. The molecule has 9 heteroatoms. The van der Waals surface area contributed by atoms with E-state index in [-0.39, 0.29) is 11.8 Å². The molecule has 2 N–H and O–H groups in total. The van der Waals surface area contributed by atoms with E-state index in [0.717, 1.165) is 11.1 Å². The lowest BCUT2D eigenvalue weighted by atomic mass is 10.0. The van der Waals surface area contributed by atoms with Crippen LogP contribution in [0.5, 0.6) is 0 Å². The molecule has 208 valence electrons. The number of rotatable bonds is 11. The molecule has 0 aliphatic rings. The summed E-state index contributed by atoms with van der Waals surface area (Å²) in [6.45, 7) is 11.4. The van der Waals surface area contributed by atoms with Gasteiger partial charge in [-0.2, -0.15) is 11.8 Å². The van der Waals surface area contributed by atoms with E-state index in [4.69, 9.17) is 16.3 Å². The number of hydrogen-bond donors (Lipinski definition) is 2. The van der Waals surface area contributed by atoms with E-state index in [1.54, 1.807) is 43.5 Å². The molecule has 0 heterocycles. The minimum atomic E-state index is -0.934. The molecule has 38 heavy (non-hydrogen) atoms. The normalized spacial score (nSPS) is 12.8. The summed E-state index contributed by atoms with van der Waals surface area (Å²) >= 11 is 7.98. The van der Waals surface area contributed by atoms with Crippen LogP contribution in [0, 0.1) is 13.8 Å². The van der Waals surface area contributed by atoms with Crippen molar-refractivity contribution >= 4 is 47.0 Å². The highest BCUT2D eigenvalue weighted by molar-refractivity contribution is 7.98. The molecule has 7 nitrogen and oxygen atoms in total. The van der Waals surface area contributed by atoms with Gasteiger partial charge in [0.05, 0.1) is 10.7 Å². The van der Waals surface area contributed by atoms with Gasteiger partial charge in [-0.3, -0.25) is 9.59 Å². The topological polar surface area (TPSA) is 87.7 Å². The first-order valence-electron chi connectivity index (χ1n) is 12.8. The highest BCUT2D eigenvalue weighted by Crippen LogP contribution is 2.30. The zero-order valence-electron chi connectivity index (χ0n) is 23.4. The standard InChI is InChI=1S/C29H40ClN3O4S/c1-8-17-33(27(35)23(16-18-38-7)31-28(36)37-29(4,5)6)25(21-14-12-19(2)13-15-21)26(34)32-24-20(3)10-9-11-22(24)30/h9-15,23,25H,8,16-18H2,1-7H3,(H,31,36)(H,32,34). The first-order valence-corrected chi connectivity index (χ1v) is 14.6. The third kappa shape index (κ3) is 9.24. The van der Waals surface area contributed by atoms with Crippen molar-refractivity contribution in [2.75, 3.05) is 23.9 Å². The van der Waals surface area contributed by atoms with E-state index in [9.17, 15) is 14.4 Å². The van der Waals surface area contributed by atoms with Gasteiger partial charge in [0.2, 0.25) is 5.91 Å². The first-order chi connectivity index (χ1) is 17.9. The van der Waals surface area contributed by atoms with Gasteiger partial charge < -0.3 is 20.3 Å². The van der Waals surface area contributed by atoms with Crippen molar-refractivity contribution < 1.29 is 19.1 Å². The summed E-state index contributed by atoms with van der Waals surface area (Å²) in [4.78, 5) is 42.1. The van der Waals surface area contributed by atoms with Gasteiger partial charge in [0, 0.05) is 6.54 Å². The molecule has 0 saturated carbocycles. The molecule has 0 fully saturated rings. The quantitative estimate of drug-likeness (QED) is 0.326. The van der Waals surface area contributed by atoms with Crippen LogP contribution in [0.4, 0.5) is 10.5 Å². The Morgan fingerprint density at radius 3 is 2.29 bits per heavy atom. The Hall–Kier alpha value is -2.71. The van der Waals surface area contributed by atoms with Crippen molar-refractivity contribution in [2.45, 2.75) is 72.1 Å². The third-order valence-corrected chi connectivity index (χ3v) is 6.73. The highest BCUT2D eigenvalue weighted by Gasteiger charge is 2.36. The van der Waals surface area contributed by atoms with Crippen LogP contribution in [0.25, 0.3) is 0 Å². The largest absolute Gasteiger partial charge is 0.444 e. The van der Waals surface area contributed by atoms with Gasteiger partial charge in [-0.05, 0) is 76.7 Å². The zero-order chi connectivity index (χ0) is 28.5. The van der Waals surface area contributed by atoms with Crippen LogP contribution in [-0.4, -0.2) is 53.0 Å². The molecule has 0 aromatic heterocycles. The number of thioether (sulfide) groups is 1. The number of amides is 3. The van der Waals surface area contributed by atoms with Gasteiger partial charge in [0.25, 0.3) is 5.91 Å². The number of halogens is 1. The summed E-state index contributed by atoms with van der Waals surface area (Å²) in [6.07, 6.45) is 2.28. The molecular formula is C29H40ClN3O4S. The number of anilines is 1. The fourth-order valence-corrected chi connectivity index (χ4v) is 4.69. The number of hydrogen-bond acceptors (Lipinski definition) is 5. The van der Waals surface area contributed by atoms with Crippen LogP contribution >= 0.6 is 23.4 Å². The van der Waals surface area contributed by atoms with E-state index in [2.05, 4.69) is 10.6 Å². The summed E-state index contributed by atoms with van der Waals surface area (Å²) in [5, 5.41) is 6.12. The lowest BCUT2D eigenvalue weighted by Gasteiger charge is -2.34. The number of nitrogens with zero attached hydrogens (tertiary/aromatic N) is 1. The number of alkyl carbamates (subject to hydrolysis) is 1. The van der Waals surface area contributed by atoms with Crippen LogP contribution in [0.2, 0.25) is 5.02 Å². The molecule has 2 atom stereocenters. The van der Waals surface area contributed by atoms with Crippen LogP contribution < -0.4 is 10.6 Å². The van der Waals surface area contributed by atoms with E-state index < -0.39 is 23.8 Å². The summed E-state index contributed by atoms with van der Waals surface area (Å²) in [5.41, 5.74) is 2.31. The van der Waals surface area contributed by atoms with Gasteiger partial charge in [0.1, 0.15) is 17.7 Å². The SMILES string of the molecule is CCCN(C(=O)C(CCSC)NC(=O)OC(C)(C)C)C(C(=O)Nc1c(C)cccc1Cl)c1ccc(C)cc1. The maximum absolute atomic E-state index is 14.1. The zero-order valence-corrected chi connectivity index (χ0v) is 25.0. The van der Waals surface area contributed by atoms with Gasteiger partial charge in [0.15, 0.2) is 0 Å². The van der Waals surface area contributed by atoms with Crippen molar-refractivity contribution in [3.05, 3.63) is 64.2 Å². The smallest absolute Gasteiger partial charge is 0.408 e. The Kier molecular flexibility index (Phi) is 12.0. The summed E-state index contributed by atoms with van der Waals surface area (Å²) < 4.78 is 5.43. The number of carbonyl (C=O) groups is 3. The predicted molar refractivity (Wildman–Crippen MR) is 157 cm³/mol. The summed E-state index contributed by atoms with van der Waals surface area (Å²) in [5.74, 6) is -0.0806. The number of benzene rings is 2. The second-order valence-corrected chi connectivity index (χ2v) is 11.6. The molecular weight excluding hydrogens is 522 g/mol. The molecule has 2 aromatic rings. The van der Waals surface area contributed by atoms with Gasteiger partial charge in [-0.25, -0.2) is 4.79 Å². The van der Waals surface area contributed by atoms with E-state index >= 15 is 0 Å². The molecule has 3 amide bonds. The van der Waals surface area contributed by atoms with Crippen LogP contribution in [0.15, 0.2) is 42.5 Å². The second-order valence-electron chi connectivity index (χ2n) is 10.2. The van der Waals surface area contributed by atoms with E-state index in [1.165, 1.54) is 0 Å². The lowest BCUT2D eigenvalue weighted by molar-refractivity contribution is -0.140. The van der Waals surface area contributed by atoms with Crippen LogP contribution in [-0.2, 0) is 14.3 Å². The van der Waals surface area contributed by atoms with Gasteiger partial charge in [-0.15, -0.1) is 0 Å². The first kappa shape index (κ1) is 31.5. The molecule has 2 unspecified atom stereocenters. The monoisotopic (exact) mass is 561 g/mol. The third-order valence-electron chi connectivity index (χ3n) is 5.77. The van der Waals surface area contributed by atoms with Crippen molar-refractivity contribution in [2.24, 2.45) is 0 Å². The van der Waals surface area contributed by atoms with Crippen molar-refractivity contribution in [3.8, 4) is 0 Å². The highest BCUT2D eigenvalue weighted by atomic mass is 35.5. The number of nitrogens with one attached hydrogen (secondary N) is 2. The maximum Gasteiger partial charge on any atom is 0.408 e. The van der Waals surface area contributed by atoms with E-state index in [0.29, 0.717) is 41.4 Å². The Balaban J connectivity index is 2.51. The molecule has 0 saturated heterocycles. The minimum absolute atomic E-state index is 0.318. The Morgan fingerprint density at radius 2 is 1.74 bits per heavy atom. The van der Waals surface area contributed by atoms with Gasteiger partial charge >= 0.3 is 6.09 Å². The number of carbonyl (C=O) groups excluding carboxylic acids is 3. The van der Waals surface area contributed by atoms with E-state index in [1.807, 2.05) is 63.4 Å². The average Bonchev–Trinajstić information content (AvgIpc) is 2.83. The van der Waals surface area contributed by atoms with Crippen molar-refractivity contribution in [1.29, 1.82) is 0 Å². The maximum atomic E-state index is 14.1. The number of para-hydroxylation sites is 1. The van der Waals surface area contributed by atoms with Crippen LogP contribution in [0.3, 0.4) is 0 Å². The molecule has 2 rings (SSSR count). The minimum Gasteiger partial charge on any atom is -0.444 e. The average molecular weight is 562 g/mol. The molecule has 0 radical (unpaired) electrons. The summed E-state index contributed by atoms with van der Waals surface area (Å²) in [7, 11) is 0. The molecule has 0 bridgehead atoms. The lowest BCUT2D eigenvalue weighted by Crippen LogP contribution is -2.52. The van der Waals surface area contributed by atoms with Gasteiger partial charge in [-0.1, -0.05) is 60.5 Å². The molecule has 0 spiro atoms. The number of aryl methyl sites for hydroxylation is 2. The number of ether oxygens (including phenoxy) is 1.